The number of carbonyl (C=O) groups excluding carboxylic acids is 2. The molecule has 0 aliphatic carbocycles. The van der Waals surface area contributed by atoms with Gasteiger partial charge in [-0.05, 0) is 49.6 Å². The number of piperidine rings is 1. The van der Waals surface area contributed by atoms with Crippen molar-refractivity contribution in [1.29, 1.82) is 0 Å². The van der Waals surface area contributed by atoms with Gasteiger partial charge in [-0.1, -0.05) is 23.4 Å². The maximum atomic E-state index is 13.5. The maximum absolute atomic E-state index is 13.5. The van der Waals surface area contributed by atoms with Gasteiger partial charge in [0.25, 0.3) is 5.91 Å². The second-order valence-corrected chi connectivity index (χ2v) is 8.27. The predicted octanol–water partition coefficient (Wildman–Crippen LogP) is 3.49. The summed E-state index contributed by atoms with van der Waals surface area (Å²) >= 11 is 0. The molecule has 172 valence electrons. The Bertz CT molecular complexity index is 1090. The van der Waals surface area contributed by atoms with Crippen LogP contribution in [0.3, 0.4) is 0 Å². The Labute approximate surface area is 193 Å². The Kier molecular flexibility index (Phi) is 6.72. The number of methoxy groups -OCH3 is 1. The van der Waals surface area contributed by atoms with E-state index in [4.69, 9.17) is 9.26 Å². The summed E-state index contributed by atoms with van der Waals surface area (Å²) in [5.41, 5.74) is 2.07. The van der Waals surface area contributed by atoms with Crippen LogP contribution in [-0.2, 0) is 4.79 Å². The number of likely N-dealkylation sites (tertiary alicyclic amines) is 1. The van der Waals surface area contributed by atoms with Gasteiger partial charge in [0.05, 0.1) is 18.8 Å². The van der Waals surface area contributed by atoms with E-state index in [0.717, 1.165) is 17.0 Å². The van der Waals surface area contributed by atoms with Crippen LogP contribution in [0.5, 0.6) is 5.75 Å². The fourth-order valence-corrected chi connectivity index (χ4v) is 4.29. The Hall–Kier alpha value is -3.68. The minimum Gasteiger partial charge on any atom is -0.497 e. The van der Waals surface area contributed by atoms with E-state index in [1.54, 1.807) is 36.1 Å². The van der Waals surface area contributed by atoms with Crippen LogP contribution in [0.4, 0.5) is 0 Å². The van der Waals surface area contributed by atoms with E-state index in [-0.39, 0.29) is 23.8 Å². The average Bonchev–Trinajstić information content (AvgIpc) is 3.30. The molecule has 0 N–H and O–H groups in total. The summed E-state index contributed by atoms with van der Waals surface area (Å²) in [6.07, 6.45) is 2.94. The number of ether oxygens (including phenoxy) is 1. The maximum Gasteiger partial charge on any atom is 0.276 e. The highest BCUT2D eigenvalue weighted by Gasteiger charge is 2.33. The van der Waals surface area contributed by atoms with Crippen LogP contribution in [-0.4, -0.2) is 59.0 Å². The minimum atomic E-state index is -0.317. The SMILES string of the molecule is COc1ccc(C(c2ccccn2)N(C)C(=O)C2CCN(C(=O)c3cc(C)on3)CC2)cc1. The molecular formula is C25H28N4O4. The molecule has 1 atom stereocenters. The van der Waals surface area contributed by atoms with Gasteiger partial charge in [-0.2, -0.15) is 0 Å². The number of aryl methyl sites for hydroxylation is 1. The van der Waals surface area contributed by atoms with E-state index in [1.165, 1.54) is 0 Å². The second-order valence-electron chi connectivity index (χ2n) is 8.27. The largest absolute Gasteiger partial charge is 0.497 e. The molecule has 3 heterocycles. The van der Waals surface area contributed by atoms with E-state index in [1.807, 2.05) is 49.5 Å². The molecule has 1 fully saturated rings. The fourth-order valence-electron chi connectivity index (χ4n) is 4.29. The molecule has 2 amide bonds. The molecular weight excluding hydrogens is 420 g/mol. The molecule has 8 heteroatoms. The lowest BCUT2D eigenvalue weighted by Gasteiger charge is -2.35. The van der Waals surface area contributed by atoms with Crippen molar-refractivity contribution < 1.29 is 18.8 Å². The summed E-state index contributed by atoms with van der Waals surface area (Å²) < 4.78 is 10.3. The molecule has 1 unspecified atom stereocenters. The highest BCUT2D eigenvalue weighted by atomic mass is 16.5. The zero-order valence-corrected chi connectivity index (χ0v) is 19.1. The number of benzene rings is 1. The first-order valence-electron chi connectivity index (χ1n) is 11.0. The number of hydrogen-bond donors (Lipinski definition) is 0. The standard InChI is InChI=1S/C25H28N4O4/c1-17-16-22(27-33-17)25(31)29-14-11-19(12-15-29)24(30)28(2)23(21-6-4-5-13-26-21)18-7-9-20(32-3)10-8-18/h4-10,13,16,19,23H,11-12,14-15H2,1-3H3. The summed E-state index contributed by atoms with van der Waals surface area (Å²) in [7, 11) is 3.45. The van der Waals surface area contributed by atoms with E-state index in [2.05, 4.69) is 10.1 Å². The van der Waals surface area contributed by atoms with Gasteiger partial charge in [-0.15, -0.1) is 0 Å². The van der Waals surface area contributed by atoms with Gasteiger partial charge in [-0.3, -0.25) is 14.6 Å². The van der Waals surface area contributed by atoms with Crippen molar-refractivity contribution in [3.63, 3.8) is 0 Å². The Morgan fingerprint density at radius 3 is 2.45 bits per heavy atom. The van der Waals surface area contributed by atoms with Gasteiger partial charge in [0.2, 0.25) is 5.91 Å². The van der Waals surface area contributed by atoms with Crippen LogP contribution in [0.2, 0.25) is 0 Å². The van der Waals surface area contributed by atoms with Gasteiger partial charge in [0.1, 0.15) is 11.5 Å². The number of amides is 2. The van der Waals surface area contributed by atoms with Gasteiger partial charge in [0, 0.05) is 38.3 Å². The Morgan fingerprint density at radius 2 is 1.88 bits per heavy atom. The minimum absolute atomic E-state index is 0.0471. The number of nitrogens with zero attached hydrogens (tertiary/aromatic N) is 4. The fraction of sp³-hybridized carbons (Fsp3) is 0.360. The van der Waals surface area contributed by atoms with E-state index < -0.39 is 0 Å². The van der Waals surface area contributed by atoms with Gasteiger partial charge >= 0.3 is 0 Å². The zero-order valence-electron chi connectivity index (χ0n) is 19.1. The third-order valence-electron chi connectivity index (χ3n) is 6.11. The van der Waals surface area contributed by atoms with Crippen LogP contribution in [0.1, 0.15) is 46.4 Å². The van der Waals surface area contributed by atoms with Crippen molar-refractivity contribution in [1.82, 2.24) is 19.9 Å². The van der Waals surface area contributed by atoms with Crippen molar-refractivity contribution in [3.8, 4) is 5.75 Å². The molecule has 0 saturated carbocycles. The lowest BCUT2D eigenvalue weighted by Crippen LogP contribution is -2.44. The lowest BCUT2D eigenvalue weighted by atomic mass is 9.93. The molecule has 1 aliphatic heterocycles. The van der Waals surface area contributed by atoms with Gasteiger partial charge < -0.3 is 19.1 Å². The van der Waals surface area contributed by atoms with Crippen molar-refractivity contribution in [2.75, 3.05) is 27.2 Å². The van der Waals surface area contributed by atoms with E-state index in [0.29, 0.717) is 37.4 Å². The lowest BCUT2D eigenvalue weighted by molar-refractivity contribution is -0.137. The second kappa shape index (κ2) is 9.85. The van der Waals surface area contributed by atoms with Crippen molar-refractivity contribution in [2.24, 2.45) is 5.92 Å². The molecule has 1 aliphatic rings. The molecule has 33 heavy (non-hydrogen) atoms. The van der Waals surface area contributed by atoms with E-state index >= 15 is 0 Å². The van der Waals surface area contributed by atoms with Crippen LogP contribution < -0.4 is 4.74 Å². The van der Waals surface area contributed by atoms with Crippen molar-refractivity contribution in [2.45, 2.75) is 25.8 Å². The number of rotatable bonds is 6. The smallest absolute Gasteiger partial charge is 0.276 e. The molecule has 8 nitrogen and oxygen atoms in total. The third-order valence-corrected chi connectivity index (χ3v) is 6.11. The summed E-state index contributed by atoms with van der Waals surface area (Å²) in [5, 5.41) is 3.82. The van der Waals surface area contributed by atoms with Crippen molar-refractivity contribution >= 4 is 11.8 Å². The zero-order chi connectivity index (χ0) is 23.4. The third kappa shape index (κ3) is 4.89. The average molecular weight is 449 g/mol. The Morgan fingerprint density at radius 1 is 1.15 bits per heavy atom. The van der Waals surface area contributed by atoms with Crippen LogP contribution in [0, 0.1) is 12.8 Å². The number of pyridine rings is 1. The monoisotopic (exact) mass is 448 g/mol. The molecule has 2 aromatic heterocycles. The molecule has 0 spiro atoms. The van der Waals surface area contributed by atoms with Gasteiger partial charge in [0.15, 0.2) is 5.69 Å². The first kappa shape index (κ1) is 22.5. The molecule has 4 rings (SSSR count). The first-order valence-corrected chi connectivity index (χ1v) is 11.0. The number of aromatic nitrogens is 2. The predicted molar refractivity (Wildman–Crippen MR) is 122 cm³/mol. The highest BCUT2D eigenvalue weighted by Crippen LogP contribution is 2.31. The molecule has 0 bridgehead atoms. The first-order chi connectivity index (χ1) is 16.0. The highest BCUT2D eigenvalue weighted by molar-refractivity contribution is 5.92. The van der Waals surface area contributed by atoms with Crippen LogP contribution in [0.25, 0.3) is 0 Å². The summed E-state index contributed by atoms with van der Waals surface area (Å²) in [6, 6.07) is 14.7. The molecule has 1 aromatic carbocycles. The van der Waals surface area contributed by atoms with Crippen LogP contribution in [0.15, 0.2) is 59.3 Å². The summed E-state index contributed by atoms with van der Waals surface area (Å²) in [6.45, 7) is 2.77. The Balaban J connectivity index is 1.48. The number of hydrogen-bond acceptors (Lipinski definition) is 6. The quantitative estimate of drug-likeness (QED) is 0.574. The topological polar surface area (TPSA) is 88.8 Å². The molecule has 1 saturated heterocycles. The molecule has 3 aromatic rings. The van der Waals surface area contributed by atoms with E-state index in [9.17, 15) is 9.59 Å². The van der Waals surface area contributed by atoms with Crippen molar-refractivity contribution in [3.05, 3.63) is 77.4 Å². The van der Waals surface area contributed by atoms with Gasteiger partial charge in [-0.25, -0.2) is 0 Å². The van der Waals surface area contributed by atoms with Crippen LogP contribution >= 0.6 is 0 Å². The number of carbonyl (C=O) groups is 2. The molecule has 0 radical (unpaired) electrons. The summed E-state index contributed by atoms with van der Waals surface area (Å²) in [4.78, 5) is 34.2. The normalized spacial score (nSPS) is 15.2. The summed E-state index contributed by atoms with van der Waals surface area (Å²) in [5.74, 6) is 1.08.